The second-order valence-corrected chi connectivity index (χ2v) is 7.64. The van der Waals surface area contributed by atoms with Gasteiger partial charge < -0.3 is 28.8 Å². The number of ketones is 1. The fourth-order valence-corrected chi connectivity index (χ4v) is 3.76. The summed E-state index contributed by atoms with van der Waals surface area (Å²) in [6, 6.07) is 14.4. The fourth-order valence-electron chi connectivity index (χ4n) is 3.76. The first-order valence-electron chi connectivity index (χ1n) is 10.8. The Kier molecular flexibility index (Phi) is 8.14. The van der Waals surface area contributed by atoms with E-state index in [0.29, 0.717) is 22.8 Å². The number of nitrogens with zero attached hydrogens (tertiary/aromatic N) is 1. The highest BCUT2D eigenvalue weighted by molar-refractivity contribution is 6.00. The number of para-hydroxylation sites is 1. The number of benzene rings is 2. The zero-order valence-electron chi connectivity index (χ0n) is 20.3. The number of aromatic nitrogens is 1. The summed E-state index contributed by atoms with van der Waals surface area (Å²) in [6.45, 7) is 2.90. The van der Waals surface area contributed by atoms with Gasteiger partial charge >= 0.3 is 5.97 Å². The van der Waals surface area contributed by atoms with Gasteiger partial charge in [-0.1, -0.05) is 18.2 Å². The van der Waals surface area contributed by atoms with Gasteiger partial charge in [-0.2, -0.15) is 0 Å². The molecule has 3 aromatic rings. The van der Waals surface area contributed by atoms with Gasteiger partial charge in [-0.25, -0.2) is 0 Å². The van der Waals surface area contributed by atoms with Crippen LogP contribution in [0.15, 0.2) is 48.5 Å². The van der Waals surface area contributed by atoms with Gasteiger partial charge in [0.2, 0.25) is 11.5 Å². The van der Waals surface area contributed by atoms with Crippen molar-refractivity contribution in [3.8, 4) is 22.9 Å². The molecule has 0 aliphatic rings. The molecule has 0 bridgehead atoms. The summed E-state index contributed by atoms with van der Waals surface area (Å²) >= 11 is 0. The molecular formula is C26H28N2O7. The van der Waals surface area contributed by atoms with Crippen molar-refractivity contribution in [3.63, 3.8) is 0 Å². The maximum absolute atomic E-state index is 12.7. The van der Waals surface area contributed by atoms with Crippen LogP contribution in [0, 0.1) is 13.8 Å². The molecule has 0 saturated heterocycles. The Morgan fingerprint density at radius 3 is 2.09 bits per heavy atom. The standard InChI is InChI=1S/C26H28N2O7/c1-16-11-20(17(2)28(16)19-9-7-6-8-10-19)21(29)15-35-24(30)14-27-26(31)18-12-22(32-3)25(34-5)23(13-18)33-4/h6-13H,14-15H2,1-5H3,(H,27,31). The van der Waals surface area contributed by atoms with E-state index in [9.17, 15) is 14.4 Å². The van der Waals surface area contributed by atoms with Crippen molar-refractivity contribution >= 4 is 17.7 Å². The molecule has 0 saturated carbocycles. The van der Waals surface area contributed by atoms with Crippen molar-refractivity contribution in [2.75, 3.05) is 34.5 Å². The van der Waals surface area contributed by atoms with E-state index in [-0.39, 0.29) is 11.3 Å². The second-order valence-electron chi connectivity index (χ2n) is 7.64. The summed E-state index contributed by atoms with van der Waals surface area (Å²) in [4.78, 5) is 37.4. The van der Waals surface area contributed by atoms with Gasteiger partial charge in [0.1, 0.15) is 6.54 Å². The number of methoxy groups -OCH3 is 3. The summed E-state index contributed by atoms with van der Waals surface area (Å²) in [5.41, 5.74) is 3.26. The average Bonchev–Trinajstić information content (AvgIpc) is 3.18. The molecule has 3 rings (SSSR count). The quantitative estimate of drug-likeness (QED) is 0.351. The SMILES string of the molecule is COc1cc(C(=O)NCC(=O)OCC(=O)c2cc(C)n(-c3ccccc3)c2C)cc(OC)c1OC. The minimum Gasteiger partial charge on any atom is -0.493 e. The number of hydrogen-bond acceptors (Lipinski definition) is 7. The molecule has 9 heteroatoms. The van der Waals surface area contributed by atoms with E-state index in [0.717, 1.165) is 17.1 Å². The van der Waals surface area contributed by atoms with Crippen LogP contribution in [-0.4, -0.2) is 56.7 Å². The topological polar surface area (TPSA) is 105 Å². The molecule has 0 fully saturated rings. The predicted molar refractivity (Wildman–Crippen MR) is 129 cm³/mol. The maximum atomic E-state index is 12.7. The molecule has 184 valence electrons. The summed E-state index contributed by atoms with van der Waals surface area (Å²) < 4.78 is 22.8. The van der Waals surface area contributed by atoms with E-state index in [1.165, 1.54) is 33.5 Å². The molecule has 1 N–H and O–H groups in total. The molecule has 0 spiro atoms. The van der Waals surface area contributed by atoms with Crippen LogP contribution in [0.2, 0.25) is 0 Å². The third-order valence-corrected chi connectivity index (χ3v) is 5.43. The molecule has 2 aromatic carbocycles. The Bertz CT molecular complexity index is 1210. The van der Waals surface area contributed by atoms with E-state index in [4.69, 9.17) is 18.9 Å². The highest BCUT2D eigenvalue weighted by Gasteiger charge is 2.20. The van der Waals surface area contributed by atoms with Crippen LogP contribution in [0.4, 0.5) is 0 Å². The summed E-state index contributed by atoms with van der Waals surface area (Å²) in [6.07, 6.45) is 0. The van der Waals surface area contributed by atoms with Gasteiger partial charge in [0.25, 0.3) is 5.91 Å². The van der Waals surface area contributed by atoms with Crippen LogP contribution in [0.5, 0.6) is 17.2 Å². The normalized spacial score (nSPS) is 10.4. The Hall–Kier alpha value is -4.27. The van der Waals surface area contributed by atoms with E-state index in [1.807, 2.05) is 48.7 Å². The van der Waals surface area contributed by atoms with Crippen molar-refractivity contribution in [1.29, 1.82) is 0 Å². The number of ether oxygens (including phenoxy) is 4. The zero-order chi connectivity index (χ0) is 25.5. The van der Waals surface area contributed by atoms with Crippen molar-refractivity contribution in [1.82, 2.24) is 9.88 Å². The summed E-state index contributed by atoms with van der Waals surface area (Å²) in [7, 11) is 4.33. The summed E-state index contributed by atoms with van der Waals surface area (Å²) in [5, 5.41) is 2.47. The Labute approximate surface area is 203 Å². The smallest absolute Gasteiger partial charge is 0.325 e. The molecule has 35 heavy (non-hydrogen) atoms. The monoisotopic (exact) mass is 480 g/mol. The molecule has 1 amide bonds. The first kappa shape index (κ1) is 25.4. The predicted octanol–water partition coefficient (Wildman–Crippen LogP) is 3.28. The van der Waals surface area contributed by atoms with Gasteiger partial charge in [-0.15, -0.1) is 0 Å². The molecule has 9 nitrogen and oxygen atoms in total. The number of rotatable bonds is 10. The molecular weight excluding hydrogens is 452 g/mol. The van der Waals surface area contributed by atoms with Crippen molar-refractivity contribution in [2.45, 2.75) is 13.8 Å². The van der Waals surface area contributed by atoms with Crippen LogP contribution >= 0.6 is 0 Å². The highest BCUT2D eigenvalue weighted by Crippen LogP contribution is 2.38. The van der Waals surface area contributed by atoms with Gasteiger partial charge in [0, 0.05) is 28.2 Å². The first-order chi connectivity index (χ1) is 16.8. The number of hydrogen-bond donors (Lipinski definition) is 1. The number of nitrogens with one attached hydrogen (secondary N) is 1. The van der Waals surface area contributed by atoms with E-state index < -0.39 is 25.0 Å². The van der Waals surface area contributed by atoms with E-state index >= 15 is 0 Å². The molecule has 0 atom stereocenters. The first-order valence-corrected chi connectivity index (χ1v) is 10.8. The number of Topliss-reactive ketones (excluding diaryl/α,β-unsaturated/α-hetero) is 1. The number of carbonyl (C=O) groups is 3. The molecule has 1 aromatic heterocycles. The Morgan fingerprint density at radius 1 is 0.886 bits per heavy atom. The zero-order valence-corrected chi connectivity index (χ0v) is 20.3. The van der Waals surface area contributed by atoms with E-state index in [2.05, 4.69) is 5.32 Å². The number of aryl methyl sites for hydroxylation is 1. The highest BCUT2D eigenvalue weighted by atomic mass is 16.5. The van der Waals surface area contributed by atoms with Crippen LogP contribution in [0.3, 0.4) is 0 Å². The fraction of sp³-hybridized carbons (Fsp3) is 0.269. The van der Waals surface area contributed by atoms with Crippen LogP contribution in [0.1, 0.15) is 32.1 Å². The Balaban J connectivity index is 1.60. The lowest BCUT2D eigenvalue weighted by atomic mass is 10.1. The van der Waals surface area contributed by atoms with Gasteiger partial charge in [0.15, 0.2) is 18.1 Å². The van der Waals surface area contributed by atoms with Crippen molar-refractivity contribution in [3.05, 3.63) is 71.0 Å². The second kappa shape index (κ2) is 11.2. The lowest BCUT2D eigenvalue weighted by molar-refractivity contribution is -0.141. The number of esters is 1. The molecule has 0 aliphatic carbocycles. The minimum atomic E-state index is -0.740. The molecule has 0 unspecified atom stereocenters. The third kappa shape index (κ3) is 5.63. The molecule has 0 radical (unpaired) electrons. The molecule has 1 heterocycles. The van der Waals surface area contributed by atoms with Gasteiger partial charge in [-0.05, 0) is 44.2 Å². The van der Waals surface area contributed by atoms with Crippen molar-refractivity contribution in [2.24, 2.45) is 0 Å². The average molecular weight is 481 g/mol. The lowest BCUT2D eigenvalue weighted by Crippen LogP contribution is -2.31. The van der Waals surface area contributed by atoms with Crippen LogP contribution < -0.4 is 19.5 Å². The largest absolute Gasteiger partial charge is 0.493 e. The van der Waals surface area contributed by atoms with Crippen LogP contribution in [0.25, 0.3) is 5.69 Å². The van der Waals surface area contributed by atoms with Crippen molar-refractivity contribution < 1.29 is 33.3 Å². The number of carbonyl (C=O) groups excluding carboxylic acids is 3. The van der Waals surface area contributed by atoms with E-state index in [1.54, 1.807) is 6.07 Å². The minimum absolute atomic E-state index is 0.205. The van der Waals surface area contributed by atoms with Gasteiger partial charge in [0.05, 0.1) is 21.3 Å². The van der Waals surface area contributed by atoms with Crippen LogP contribution in [-0.2, 0) is 9.53 Å². The third-order valence-electron chi connectivity index (χ3n) is 5.43. The lowest BCUT2D eigenvalue weighted by Gasteiger charge is -2.14. The maximum Gasteiger partial charge on any atom is 0.325 e. The molecule has 0 aliphatic heterocycles. The number of amides is 1. The van der Waals surface area contributed by atoms with Gasteiger partial charge in [-0.3, -0.25) is 14.4 Å². The Morgan fingerprint density at radius 2 is 1.51 bits per heavy atom. The summed E-state index contributed by atoms with van der Waals surface area (Å²) in [5.74, 6) is -0.660.